The van der Waals surface area contributed by atoms with E-state index in [0.29, 0.717) is 16.6 Å². The Labute approximate surface area is 152 Å². The van der Waals surface area contributed by atoms with E-state index >= 15 is 0 Å². The molecule has 1 fully saturated rings. The van der Waals surface area contributed by atoms with Gasteiger partial charge in [0.25, 0.3) is 0 Å². The van der Waals surface area contributed by atoms with Gasteiger partial charge in [-0.2, -0.15) is 0 Å². The van der Waals surface area contributed by atoms with Crippen LogP contribution in [0.4, 0.5) is 0 Å². The van der Waals surface area contributed by atoms with E-state index in [4.69, 9.17) is 4.74 Å². The molecule has 1 aliphatic rings. The number of hydrogen-bond donors (Lipinski definition) is 0. The summed E-state index contributed by atoms with van der Waals surface area (Å²) in [6, 6.07) is 11.2. The number of ether oxygens (including phenoxy) is 1. The Hall–Kier alpha value is -1.15. The van der Waals surface area contributed by atoms with Crippen molar-refractivity contribution in [2.45, 2.75) is 6.54 Å². The molecule has 122 valence electrons. The van der Waals surface area contributed by atoms with Crippen LogP contribution in [0.1, 0.15) is 16.2 Å². The lowest BCUT2D eigenvalue weighted by molar-refractivity contribution is 0.0336. The van der Waals surface area contributed by atoms with E-state index in [1.54, 1.807) is 18.2 Å². The van der Waals surface area contributed by atoms with E-state index in [1.165, 1.54) is 0 Å². The van der Waals surface area contributed by atoms with Crippen molar-refractivity contribution in [3.8, 4) is 0 Å². The zero-order valence-electron chi connectivity index (χ0n) is 12.5. The van der Waals surface area contributed by atoms with Gasteiger partial charge in [-0.25, -0.2) is 9.97 Å². The largest absolute Gasteiger partial charge is 0.379 e. The number of halogens is 2. The Morgan fingerprint density at radius 3 is 2.26 bits per heavy atom. The topological polar surface area (TPSA) is 55.3 Å². The Kier molecular flexibility index (Phi) is 7.81. The maximum atomic E-state index is 10.1. The standard InChI is InChI=1S/C10H13BrN2O.C6H4BrNO/c11-10-3-1-2-9(12-10)8-13-4-6-14-7-5-13;7-6-3-1-2-5(4-9)8-6/h1-3H,4-8H2;1-4H. The Morgan fingerprint density at radius 1 is 1.04 bits per heavy atom. The van der Waals surface area contributed by atoms with Crippen LogP contribution in [-0.2, 0) is 11.3 Å². The number of morpholine rings is 1. The number of carbonyl (C=O) groups is 1. The molecule has 0 amide bonds. The van der Waals surface area contributed by atoms with Gasteiger partial charge in [-0.3, -0.25) is 9.69 Å². The number of pyridine rings is 2. The molecule has 3 heterocycles. The van der Waals surface area contributed by atoms with Gasteiger partial charge in [-0.05, 0) is 56.1 Å². The fourth-order valence-electron chi connectivity index (χ4n) is 2.02. The molecule has 3 rings (SSSR count). The smallest absolute Gasteiger partial charge is 0.168 e. The summed E-state index contributed by atoms with van der Waals surface area (Å²) in [4.78, 5) is 20.7. The molecule has 0 unspecified atom stereocenters. The van der Waals surface area contributed by atoms with Crippen molar-refractivity contribution in [2.24, 2.45) is 0 Å². The minimum atomic E-state index is 0.448. The molecular formula is C16H17Br2N3O2. The van der Waals surface area contributed by atoms with Crippen LogP contribution in [0.15, 0.2) is 45.6 Å². The van der Waals surface area contributed by atoms with Gasteiger partial charge in [0, 0.05) is 19.6 Å². The monoisotopic (exact) mass is 441 g/mol. The lowest BCUT2D eigenvalue weighted by Gasteiger charge is -2.26. The average molecular weight is 443 g/mol. The van der Waals surface area contributed by atoms with Gasteiger partial charge in [-0.1, -0.05) is 12.1 Å². The number of aromatic nitrogens is 2. The molecule has 2 aromatic rings. The van der Waals surface area contributed by atoms with Crippen LogP contribution >= 0.6 is 31.9 Å². The summed E-state index contributed by atoms with van der Waals surface area (Å²) in [5.74, 6) is 0. The van der Waals surface area contributed by atoms with Crippen LogP contribution in [0.2, 0.25) is 0 Å². The Bertz CT molecular complexity index is 634. The highest BCUT2D eigenvalue weighted by Gasteiger charge is 2.10. The second-order valence-electron chi connectivity index (χ2n) is 4.84. The SMILES string of the molecule is Brc1cccc(CN2CCOCC2)n1.O=Cc1cccc(Br)n1. The molecule has 1 aliphatic heterocycles. The minimum Gasteiger partial charge on any atom is -0.379 e. The van der Waals surface area contributed by atoms with Crippen molar-refractivity contribution in [3.63, 3.8) is 0 Å². The number of aldehydes is 1. The summed E-state index contributed by atoms with van der Waals surface area (Å²) in [6.45, 7) is 4.62. The van der Waals surface area contributed by atoms with E-state index in [-0.39, 0.29) is 0 Å². The summed E-state index contributed by atoms with van der Waals surface area (Å²) in [5.41, 5.74) is 1.56. The summed E-state index contributed by atoms with van der Waals surface area (Å²) < 4.78 is 6.88. The lowest BCUT2D eigenvalue weighted by Crippen LogP contribution is -2.35. The Morgan fingerprint density at radius 2 is 1.70 bits per heavy atom. The van der Waals surface area contributed by atoms with Gasteiger partial charge in [0.2, 0.25) is 0 Å². The first kappa shape index (κ1) is 18.2. The summed E-state index contributed by atoms with van der Waals surface area (Å²) in [7, 11) is 0. The zero-order chi connectivity index (χ0) is 16.5. The first-order valence-corrected chi connectivity index (χ1v) is 8.75. The van der Waals surface area contributed by atoms with Gasteiger partial charge in [0.1, 0.15) is 14.9 Å². The average Bonchev–Trinajstić information content (AvgIpc) is 2.56. The molecule has 0 aromatic carbocycles. The van der Waals surface area contributed by atoms with E-state index in [2.05, 4.69) is 52.8 Å². The normalized spacial score (nSPS) is 14.7. The van der Waals surface area contributed by atoms with Crippen molar-refractivity contribution in [1.82, 2.24) is 14.9 Å². The van der Waals surface area contributed by atoms with Crippen molar-refractivity contribution in [1.29, 1.82) is 0 Å². The number of rotatable bonds is 3. The van der Waals surface area contributed by atoms with Gasteiger partial charge >= 0.3 is 0 Å². The highest BCUT2D eigenvalue weighted by atomic mass is 79.9. The summed E-state index contributed by atoms with van der Waals surface area (Å²) in [5, 5.41) is 0. The van der Waals surface area contributed by atoms with Crippen LogP contribution in [-0.4, -0.2) is 47.5 Å². The van der Waals surface area contributed by atoms with Crippen molar-refractivity contribution >= 4 is 38.1 Å². The molecule has 0 bridgehead atoms. The maximum absolute atomic E-state index is 10.1. The second kappa shape index (κ2) is 9.87. The van der Waals surface area contributed by atoms with E-state index in [0.717, 1.165) is 43.1 Å². The highest BCUT2D eigenvalue weighted by molar-refractivity contribution is 9.10. The second-order valence-corrected chi connectivity index (χ2v) is 6.47. The summed E-state index contributed by atoms with van der Waals surface area (Å²) >= 11 is 6.51. The van der Waals surface area contributed by atoms with E-state index in [9.17, 15) is 4.79 Å². The van der Waals surface area contributed by atoms with E-state index in [1.807, 2.05) is 12.1 Å². The fourth-order valence-corrected chi connectivity index (χ4v) is 2.75. The zero-order valence-corrected chi connectivity index (χ0v) is 15.7. The molecule has 7 heteroatoms. The lowest BCUT2D eigenvalue weighted by atomic mass is 10.3. The fraction of sp³-hybridized carbons (Fsp3) is 0.312. The quantitative estimate of drug-likeness (QED) is 0.539. The molecule has 0 aliphatic carbocycles. The van der Waals surface area contributed by atoms with Crippen LogP contribution in [0.3, 0.4) is 0 Å². The minimum absolute atomic E-state index is 0.448. The van der Waals surface area contributed by atoms with Crippen LogP contribution in [0, 0.1) is 0 Å². The number of nitrogens with zero attached hydrogens (tertiary/aromatic N) is 3. The maximum Gasteiger partial charge on any atom is 0.168 e. The number of hydrogen-bond acceptors (Lipinski definition) is 5. The molecule has 0 radical (unpaired) electrons. The van der Waals surface area contributed by atoms with Crippen LogP contribution < -0.4 is 0 Å². The molecular weight excluding hydrogens is 426 g/mol. The van der Waals surface area contributed by atoms with Crippen LogP contribution in [0.25, 0.3) is 0 Å². The predicted octanol–water partition coefficient (Wildman–Crippen LogP) is 3.33. The molecule has 2 aromatic heterocycles. The van der Waals surface area contributed by atoms with Crippen LogP contribution in [0.5, 0.6) is 0 Å². The van der Waals surface area contributed by atoms with Gasteiger partial charge in [0.05, 0.1) is 18.9 Å². The van der Waals surface area contributed by atoms with Gasteiger partial charge < -0.3 is 4.74 Å². The first-order valence-electron chi connectivity index (χ1n) is 7.16. The van der Waals surface area contributed by atoms with E-state index < -0.39 is 0 Å². The molecule has 1 saturated heterocycles. The Balaban J connectivity index is 0.000000185. The molecule has 0 spiro atoms. The third kappa shape index (κ3) is 6.87. The van der Waals surface area contributed by atoms with Crippen molar-refractivity contribution in [2.75, 3.05) is 26.3 Å². The molecule has 0 N–H and O–H groups in total. The molecule has 0 atom stereocenters. The number of carbonyl (C=O) groups excluding carboxylic acids is 1. The summed E-state index contributed by atoms with van der Waals surface area (Å²) in [6.07, 6.45) is 0.713. The third-order valence-electron chi connectivity index (χ3n) is 3.12. The molecule has 5 nitrogen and oxygen atoms in total. The van der Waals surface area contributed by atoms with Crippen molar-refractivity contribution < 1.29 is 9.53 Å². The van der Waals surface area contributed by atoms with Gasteiger partial charge in [-0.15, -0.1) is 0 Å². The van der Waals surface area contributed by atoms with Gasteiger partial charge in [0.15, 0.2) is 6.29 Å². The third-order valence-corrected chi connectivity index (χ3v) is 4.00. The molecule has 23 heavy (non-hydrogen) atoms. The predicted molar refractivity (Wildman–Crippen MR) is 95.4 cm³/mol. The van der Waals surface area contributed by atoms with Crippen molar-refractivity contribution in [3.05, 3.63) is 57.0 Å². The highest BCUT2D eigenvalue weighted by Crippen LogP contribution is 2.09. The molecule has 0 saturated carbocycles. The first-order chi connectivity index (χ1) is 11.2.